The standard InChI is InChI=1S/C23H20ClN3O3S/c1-13-6-7-16-10-17(21(24)26-20(16)9-13)11-29-23(28)18-5-4-8-25-22(18)31-12-19-14(2)27-30-15(19)3/h4-10H,11-12H2,1-3H3. The van der Waals surface area contributed by atoms with Crippen molar-refractivity contribution < 1.29 is 14.1 Å². The average Bonchev–Trinajstić information content (AvgIpc) is 3.08. The molecule has 3 heterocycles. The number of hydrogen-bond acceptors (Lipinski definition) is 7. The van der Waals surface area contributed by atoms with Crippen LogP contribution < -0.4 is 0 Å². The van der Waals surface area contributed by atoms with Crippen molar-refractivity contribution in [3.05, 3.63) is 81.5 Å². The van der Waals surface area contributed by atoms with E-state index in [-0.39, 0.29) is 6.61 Å². The van der Waals surface area contributed by atoms with Crippen molar-refractivity contribution in [3.63, 3.8) is 0 Å². The number of aromatic nitrogens is 3. The first-order valence-corrected chi connectivity index (χ1v) is 11.0. The van der Waals surface area contributed by atoms with E-state index in [1.807, 2.05) is 45.0 Å². The number of aryl methyl sites for hydroxylation is 3. The zero-order valence-corrected chi connectivity index (χ0v) is 18.9. The topological polar surface area (TPSA) is 78.1 Å². The van der Waals surface area contributed by atoms with Crippen LogP contribution in [0.5, 0.6) is 0 Å². The van der Waals surface area contributed by atoms with E-state index in [4.69, 9.17) is 20.9 Å². The molecule has 6 nitrogen and oxygen atoms in total. The largest absolute Gasteiger partial charge is 0.457 e. The van der Waals surface area contributed by atoms with Gasteiger partial charge in [-0.2, -0.15) is 0 Å². The van der Waals surface area contributed by atoms with Gasteiger partial charge in [-0.05, 0) is 50.6 Å². The third-order valence-corrected chi connectivity index (χ3v) is 6.24. The number of ether oxygens (including phenoxy) is 1. The minimum atomic E-state index is -0.463. The van der Waals surface area contributed by atoms with E-state index in [0.717, 1.165) is 33.5 Å². The maximum Gasteiger partial charge on any atom is 0.341 e. The van der Waals surface area contributed by atoms with Gasteiger partial charge < -0.3 is 9.26 Å². The van der Waals surface area contributed by atoms with Crippen LogP contribution in [0.3, 0.4) is 0 Å². The number of benzene rings is 1. The summed E-state index contributed by atoms with van der Waals surface area (Å²) in [5.41, 5.74) is 4.80. The molecule has 0 spiro atoms. The molecule has 0 unspecified atom stereocenters. The number of hydrogen-bond donors (Lipinski definition) is 0. The third-order valence-electron chi connectivity index (χ3n) is 4.88. The molecule has 3 aromatic heterocycles. The summed E-state index contributed by atoms with van der Waals surface area (Å²) in [6, 6.07) is 11.3. The van der Waals surface area contributed by atoms with Crippen molar-refractivity contribution in [1.82, 2.24) is 15.1 Å². The smallest absolute Gasteiger partial charge is 0.341 e. The molecule has 158 valence electrons. The number of nitrogens with zero attached hydrogens (tertiary/aromatic N) is 3. The molecule has 0 atom stereocenters. The van der Waals surface area contributed by atoms with Gasteiger partial charge >= 0.3 is 5.97 Å². The molecule has 0 aliphatic rings. The molecule has 1 aromatic carbocycles. The molecular weight excluding hydrogens is 434 g/mol. The number of rotatable bonds is 6. The van der Waals surface area contributed by atoms with Crippen LogP contribution in [0, 0.1) is 20.8 Å². The molecule has 0 radical (unpaired) electrons. The quantitative estimate of drug-likeness (QED) is 0.206. The molecule has 0 fully saturated rings. The first kappa shape index (κ1) is 21.3. The highest BCUT2D eigenvalue weighted by Crippen LogP contribution is 2.28. The number of esters is 1. The van der Waals surface area contributed by atoms with E-state index in [9.17, 15) is 4.79 Å². The van der Waals surface area contributed by atoms with E-state index >= 15 is 0 Å². The summed E-state index contributed by atoms with van der Waals surface area (Å²) in [7, 11) is 0. The fourth-order valence-corrected chi connectivity index (χ4v) is 4.46. The molecule has 0 saturated heterocycles. The Kier molecular flexibility index (Phi) is 6.25. The number of halogens is 1. The predicted octanol–water partition coefficient (Wildman–Crippen LogP) is 5.85. The third kappa shape index (κ3) is 4.73. The summed E-state index contributed by atoms with van der Waals surface area (Å²) in [4.78, 5) is 21.6. The molecule has 0 amide bonds. The summed E-state index contributed by atoms with van der Waals surface area (Å²) < 4.78 is 10.7. The first-order valence-electron chi connectivity index (χ1n) is 9.65. The Bertz CT molecular complexity index is 1250. The van der Waals surface area contributed by atoms with Gasteiger partial charge in [0.2, 0.25) is 0 Å². The van der Waals surface area contributed by atoms with Crippen LogP contribution in [0.1, 0.15) is 38.5 Å². The monoisotopic (exact) mass is 453 g/mol. The molecule has 0 aliphatic heterocycles. The van der Waals surface area contributed by atoms with Gasteiger partial charge in [-0.25, -0.2) is 14.8 Å². The van der Waals surface area contributed by atoms with Gasteiger partial charge in [0.1, 0.15) is 22.5 Å². The minimum absolute atomic E-state index is 0.0251. The number of carbonyl (C=O) groups excluding carboxylic acids is 1. The zero-order valence-electron chi connectivity index (χ0n) is 17.3. The minimum Gasteiger partial charge on any atom is -0.457 e. The van der Waals surface area contributed by atoms with Crippen LogP contribution in [0.25, 0.3) is 10.9 Å². The first-order chi connectivity index (χ1) is 14.9. The van der Waals surface area contributed by atoms with Crippen LogP contribution in [0.15, 0.2) is 52.1 Å². The number of thioether (sulfide) groups is 1. The molecule has 4 rings (SSSR count). The SMILES string of the molecule is Cc1ccc2cc(COC(=O)c3cccnc3SCc3c(C)noc3C)c(Cl)nc2c1. The second-order valence-corrected chi connectivity index (χ2v) is 8.48. The van der Waals surface area contributed by atoms with Gasteiger partial charge in [-0.15, -0.1) is 11.8 Å². The lowest BCUT2D eigenvalue weighted by atomic mass is 10.1. The molecule has 0 bridgehead atoms. The Morgan fingerprint density at radius 2 is 2.03 bits per heavy atom. The summed E-state index contributed by atoms with van der Waals surface area (Å²) in [5, 5.41) is 5.82. The second-order valence-electron chi connectivity index (χ2n) is 7.16. The van der Waals surface area contributed by atoms with Crippen LogP contribution in [-0.2, 0) is 17.1 Å². The Morgan fingerprint density at radius 3 is 2.81 bits per heavy atom. The maximum atomic E-state index is 12.8. The summed E-state index contributed by atoms with van der Waals surface area (Å²) in [6.07, 6.45) is 1.65. The lowest BCUT2D eigenvalue weighted by Gasteiger charge is -2.10. The van der Waals surface area contributed by atoms with Crippen molar-refractivity contribution in [3.8, 4) is 0 Å². The Balaban J connectivity index is 1.49. The van der Waals surface area contributed by atoms with Crippen molar-refractivity contribution >= 4 is 40.2 Å². The summed E-state index contributed by atoms with van der Waals surface area (Å²) in [5.74, 6) is 0.895. The van der Waals surface area contributed by atoms with Gasteiger partial charge in [0, 0.05) is 28.5 Å². The van der Waals surface area contributed by atoms with Gasteiger partial charge in [0.25, 0.3) is 0 Å². The number of pyridine rings is 2. The Morgan fingerprint density at radius 1 is 1.19 bits per heavy atom. The Labute approximate surface area is 189 Å². The highest BCUT2D eigenvalue weighted by atomic mass is 35.5. The normalized spacial score (nSPS) is 11.1. The fraction of sp³-hybridized carbons (Fsp3) is 0.217. The van der Waals surface area contributed by atoms with Crippen molar-refractivity contribution in [2.75, 3.05) is 0 Å². The van der Waals surface area contributed by atoms with Crippen LogP contribution >= 0.6 is 23.4 Å². The van der Waals surface area contributed by atoms with Gasteiger partial charge in [-0.3, -0.25) is 0 Å². The van der Waals surface area contributed by atoms with Crippen molar-refractivity contribution in [1.29, 1.82) is 0 Å². The van der Waals surface area contributed by atoms with Crippen molar-refractivity contribution in [2.24, 2.45) is 0 Å². The number of fused-ring (bicyclic) bond motifs is 1. The summed E-state index contributed by atoms with van der Waals surface area (Å²) >= 11 is 7.76. The highest BCUT2D eigenvalue weighted by molar-refractivity contribution is 7.98. The van der Waals surface area contributed by atoms with E-state index in [2.05, 4.69) is 15.1 Å². The van der Waals surface area contributed by atoms with E-state index in [0.29, 0.717) is 27.1 Å². The summed E-state index contributed by atoms with van der Waals surface area (Å²) in [6.45, 7) is 5.78. The molecule has 0 saturated carbocycles. The lowest BCUT2D eigenvalue weighted by molar-refractivity contribution is 0.0467. The fourth-order valence-electron chi connectivity index (χ4n) is 3.13. The van der Waals surface area contributed by atoms with Gasteiger partial charge in [0.05, 0.1) is 16.8 Å². The molecule has 31 heavy (non-hydrogen) atoms. The van der Waals surface area contributed by atoms with E-state index in [1.54, 1.807) is 18.3 Å². The lowest BCUT2D eigenvalue weighted by Crippen LogP contribution is -2.08. The zero-order chi connectivity index (χ0) is 22.0. The van der Waals surface area contributed by atoms with Crippen LogP contribution in [0.2, 0.25) is 5.15 Å². The molecule has 0 N–H and O–H groups in total. The molecule has 0 aliphatic carbocycles. The van der Waals surface area contributed by atoms with Crippen molar-refractivity contribution in [2.45, 2.75) is 38.2 Å². The maximum absolute atomic E-state index is 12.8. The van der Waals surface area contributed by atoms with E-state index < -0.39 is 5.97 Å². The van der Waals surface area contributed by atoms with Crippen LogP contribution in [-0.4, -0.2) is 21.1 Å². The second kappa shape index (κ2) is 9.08. The average molecular weight is 454 g/mol. The van der Waals surface area contributed by atoms with E-state index in [1.165, 1.54) is 11.8 Å². The van der Waals surface area contributed by atoms with Gasteiger partial charge in [-0.1, -0.05) is 28.9 Å². The highest BCUT2D eigenvalue weighted by Gasteiger charge is 2.17. The Hall–Kier alpha value is -2.90. The molecular formula is C23H20ClN3O3S. The molecule has 4 aromatic rings. The predicted molar refractivity (Wildman–Crippen MR) is 120 cm³/mol. The van der Waals surface area contributed by atoms with Crippen LogP contribution in [0.4, 0.5) is 0 Å². The number of carbonyl (C=O) groups is 1. The molecule has 8 heteroatoms. The van der Waals surface area contributed by atoms with Gasteiger partial charge in [0.15, 0.2) is 0 Å².